The molecule has 2 amide bonds. The maximum Gasteiger partial charge on any atom is 0.338 e. The van der Waals surface area contributed by atoms with Gasteiger partial charge in [-0.15, -0.1) is 0 Å². The summed E-state index contributed by atoms with van der Waals surface area (Å²) >= 11 is 12.0. The molecular weight excluding hydrogens is 443 g/mol. The summed E-state index contributed by atoms with van der Waals surface area (Å²) in [6.45, 7) is 3.81. The van der Waals surface area contributed by atoms with E-state index in [1.54, 1.807) is 44.2 Å². The summed E-state index contributed by atoms with van der Waals surface area (Å²) < 4.78 is 16.5. The van der Waals surface area contributed by atoms with E-state index in [0.29, 0.717) is 38.4 Å². The monoisotopic (exact) mass is 464 g/mol. The van der Waals surface area contributed by atoms with Gasteiger partial charge in [0.25, 0.3) is 0 Å². The van der Waals surface area contributed by atoms with E-state index in [0.717, 1.165) is 5.56 Å². The molecule has 7 nitrogen and oxygen atoms in total. The summed E-state index contributed by atoms with van der Waals surface area (Å²) in [5.74, 6) is 0.439. The Morgan fingerprint density at radius 3 is 2.55 bits per heavy atom. The van der Waals surface area contributed by atoms with Crippen LogP contribution in [0.1, 0.15) is 31.0 Å². The fourth-order valence-corrected chi connectivity index (χ4v) is 3.52. The second-order valence-electron chi connectivity index (χ2n) is 6.74. The van der Waals surface area contributed by atoms with Gasteiger partial charge in [-0.3, -0.25) is 0 Å². The smallest absolute Gasteiger partial charge is 0.338 e. The molecule has 9 heteroatoms. The molecular formula is C22H22Cl2N2O5. The van der Waals surface area contributed by atoms with E-state index < -0.39 is 18.0 Å². The zero-order valence-electron chi connectivity index (χ0n) is 17.3. The third kappa shape index (κ3) is 5.24. The lowest BCUT2D eigenvalue weighted by atomic mass is 9.95. The van der Waals surface area contributed by atoms with Gasteiger partial charge in [0.15, 0.2) is 11.5 Å². The van der Waals surface area contributed by atoms with Crippen LogP contribution in [0.3, 0.4) is 0 Å². The molecule has 2 aromatic rings. The molecule has 164 valence electrons. The van der Waals surface area contributed by atoms with Crippen LogP contribution >= 0.6 is 23.2 Å². The quantitative estimate of drug-likeness (QED) is 0.576. The average Bonchev–Trinajstić information content (AvgIpc) is 2.74. The summed E-state index contributed by atoms with van der Waals surface area (Å²) in [4.78, 5) is 24.6. The van der Waals surface area contributed by atoms with Gasteiger partial charge in [0, 0.05) is 5.70 Å². The first-order chi connectivity index (χ1) is 14.8. The molecule has 0 saturated heterocycles. The van der Waals surface area contributed by atoms with Gasteiger partial charge in [0.05, 0.1) is 35.4 Å². The SMILES string of the molecule is CCOC(=O)C1=C(C)NC(=O)NC1c1ccc(OC)c(OCc2ccc(Cl)c(Cl)c2)c1. The van der Waals surface area contributed by atoms with E-state index in [4.69, 9.17) is 37.4 Å². The van der Waals surface area contributed by atoms with E-state index in [1.165, 1.54) is 7.11 Å². The number of hydrogen-bond donors (Lipinski definition) is 2. The Balaban J connectivity index is 1.92. The topological polar surface area (TPSA) is 85.9 Å². The average molecular weight is 465 g/mol. The standard InChI is InChI=1S/C22H22Cl2N2O5/c1-4-30-21(27)19-12(2)25-22(28)26-20(19)14-6-8-17(29-3)18(10-14)31-11-13-5-7-15(23)16(24)9-13/h5-10,20H,4,11H2,1-3H3,(H2,25,26,28). The predicted octanol–water partition coefficient (Wildman–Crippen LogP) is 4.77. The van der Waals surface area contributed by atoms with E-state index in [-0.39, 0.29) is 13.2 Å². The lowest BCUT2D eigenvalue weighted by Crippen LogP contribution is -2.45. The molecule has 1 heterocycles. The van der Waals surface area contributed by atoms with Crippen molar-refractivity contribution < 1.29 is 23.8 Å². The number of carbonyl (C=O) groups is 2. The molecule has 2 N–H and O–H groups in total. The van der Waals surface area contributed by atoms with Crippen molar-refractivity contribution in [3.05, 3.63) is 68.8 Å². The zero-order chi connectivity index (χ0) is 22.5. The first-order valence-electron chi connectivity index (χ1n) is 9.54. The van der Waals surface area contributed by atoms with Crippen LogP contribution in [0, 0.1) is 0 Å². The minimum Gasteiger partial charge on any atom is -0.493 e. The van der Waals surface area contributed by atoms with Crippen LogP contribution in [0.4, 0.5) is 4.79 Å². The molecule has 0 fully saturated rings. The summed E-state index contributed by atoms with van der Waals surface area (Å²) in [6, 6.07) is 9.30. The first-order valence-corrected chi connectivity index (χ1v) is 10.3. The Labute approximate surface area is 190 Å². The molecule has 0 saturated carbocycles. The Hall–Kier alpha value is -2.90. The molecule has 0 aromatic heterocycles. The fourth-order valence-electron chi connectivity index (χ4n) is 3.20. The number of halogens is 2. The number of carbonyl (C=O) groups excluding carboxylic acids is 2. The molecule has 1 aliphatic rings. The van der Waals surface area contributed by atoms with Gasteiger partial charge in [-0.25, -0.2) is 9.59 Å². The van der Waals surface area contributed by atoms with Crippen LogP contribution in [-0.2, 0) is 16.1 Å². The van der Waals surface area contributed by atoms with Gasteiger partial charge in [-0.05, 0) is 49.2 Å². The minimum absolute atomic E-state index is 0.217. The number of urea groups is 1. The van der Waals surface area contributed by atoms with Gasteiger partial charge in [-0.1, -0.05) is 35.3 Å². The van der Waals surface area contributed by atoms with Gasteiger partial charge in [0.1, 0.15) is 6.61 Å². The molecule has 1 aliphatic heterocycles. The van der Waals surface area contributed by atoms with E-state index >= 15 is 0 Å². The predicted molar refractivity (Wildman–Crippen MR) is 118 cm³/mol. The van der Waals surface area contributed by atoms with Crippen LogP contribution in [0.5, 0.6) is 11.5 Å². The van der Waals surface area contributed by atoms with Crippen molar-refractivity contribution in [3.8, 4) is 11.5 Å². The first kappa shape index (κ1) is 22.8. The number of ether oxygens (including phenoxy) is 3. The summed E-state index contributed by atoms with van der Waals surface area (Å²) in [5.41, 5.74) is 2.21. The lowest BCUT2D eigenvalue weighted by Gasteiger charge is -2.28. The molecule has 2 aromatic carbocycles. The third-order valence-corrected chi connectivity index (χ3v) is 5.40. The molecule has 0 radical (unpaired) electrons. The molecule has 1 atom stereocenters. The highest BCUT2D eigenvalue weighted by Crippen LogP contribution is 2.35. The van der Waals surface area contributed by atoms with Gasteiger partial charge in [-0.2, -0.15) is 0 Å². The normalized spacial score (nSPS) is 15.8. The van der Waals surface area contributed by atoms with Crippen molar-refractivity contribution in [1.82, 2.24) is 10.6 Å². The number of nitrogens with one attached hydrogen (secondary N) is 2. The highest BCUT2D eigenvalue weighted by atomic mass is 35.5. The van der Waals surface area contributed by atoms with E-state index in [9.17, 15) is 9.59 Å². The maximum atomic E-state index is 12.5. The number of allylic oxidation sites excluding steroid dienone is 1. The van der Waals surface area contributed by atoms with Crippen LogP contribution < -0.4 is 20.1 Å². The molecule has 0 bridgehead atoms. The van der Waals surface area contributed by atoms with E-state index in [1.807, 2.05) is 6.07 Å². The highest BCUT2D eigenvalue weighted by molar-refractivity contribution is 6.42. The van der Waals surface area contributed by atoms with Crippen LogP contribution in [-0.4, -0.2) is 25.7 Å². The van der Waals surface area contributed by atoms with Crippen molar-refractivity contribution >= 4 is 35.2 Å². The second kappa shape index (κ2) is 9.94. The second-order valence-corrected chi connectivity index (χ2v) is 7.55. The minimum atomic E-state index is -0.703. The Bertz CT molecular complexity index is 1040. The number of esters is 1. The third-order valence-electron chi connectivity index (χ3n) is 4.66. The Morgan fingerprint density at radius 1 is 1.10 bits per heavy atom. The van der Waals surface area contributed by atoms with Gasteiger partial charge < -0.3 is 24.8 Å². The molecule has 0 spiro atoms. The Kier molecular flexibility index (Phi) is 7.30. The van der Waals surface area contributed by atoms with Crippen molar-refractivity contribution in [1.29, 1.82) is 0 Å². The van der Waals surface area contributed by atoms with Crippen molar-refractivity contribution in [2.24, 2.45) is 0 Å². The number of hydrogen-bond acceptors (Lipinski definition) is 5. The van der Waals surface area contributed by atoms with Crippen molar-refractivity contribution in [3.63, 3.8) is 0 Å². The number of amides is 2. The summed E-state index contributed by atoms with van der Waals surface area (Å²) in [6.07, 6.45) is 0. The number of methoxy groups -OCH3 is 1. The molecule has 3 rings (SSSR count). The van der Waals surface area contributed by atoms with E-state index in [2.05, 4.69) is 10.6 Å². The maximum absolute atomic E-state index is 12.5. The highest BCUT2D eigenvalue weighted by Gasteiger charge is 2.32. The summed E-state index contributed by atoms with van der Waals surface area (Å²) in [5, 5.41) is 6.27. The van der Waals surface area contributed by atoms with Gasteiger partial charge in [0.2, 0.25) is 0 Å². The van der Waals surface area contributed by atoms with Crippen LogP contribution in [0.2, 0.25) is 10.0 Å². The number of benzene rings is 2. The summed E-state index contributed by atoms with van der Waals surface area (Å²) in [7, 11) is 1.53. The molecule has 31 heavy (non-hydrogen) atoms. The zero-order valence-corrected chi connectivity index (χ0v) is 18.8. The lowest BCUT2D eigenvalue weighted by molar-refractivity contribution is -0.139. The Morgan fingerprint density at radius 2 is 1.87 bits per heavy atom. The fraction of sp³-hybridized carbons (Fsp3) is 0.273. The number of rotatable bonds is 7. The largest absolute Gasteiger partial charge is 0.493 e. The van der Waals surface area contributed by atoms with Crippen molar-refractivity contribution in [2.75, 3.05) is 13.7 Å². The molecule has 1 unspecified atom stereocenters. The van der Waals surface area contributed by atoms with Crippen LogP contribution in [0.25, 0.3) is 0 Å². The molecule has 0 aliphatic carbocycles. The van der Waals surface area contributed by atoms with Crippen molar-refractivity contribution in [2.45, 2.75) is 26.5 Å². The van der Waals surface area contributed by atoms with Crippen LogP contribution in [0.15, 0.2) is 47.7 Å². The van der Waals surface area contributed by atoms with Gasteiger partial charge >= 0.3 is 12.0 Å².